The molecule has 2 saturated carbocycles. The lowest BCUT2D eigenvalue weighted by atomic mass is 9.49. The molecule has 0 aromatic heterocycles. The summed E-state index contributed by atoms with van der Waals surface area (Å²) in [5.41, 5.74) is 1.10. The number of rotatable bonds is 1. The fourth-order valence-corrected chi connectivity index (χ4v) is 6.54. The van der Waals surface area contributed by atoms with Crippen LogP contribution in [0.5, 0.6) is 0 Å². The van der Waals surface area contributed by atoms with Gasteiger partial charge in [-0.25, -0.2) is 0 Å². The van der Waals surface area contributed by atoms with Crippen molar-refractivity contribution in [2.75, 3.05) is 0 Å². The molecule has 0 aromatic rings. The lowest BCUT2D eigenvalue weighted by Gasteiger charge is -2.55. The monoisotopic (exact) mass is 312 g/mol. The maximum atomic E-state index is 11.8. The molecular formula is C21H28O2. The first-order valence-electron chi connectivity index (χ1n) is 9.26. The molecule has 0 aliphatic heterocycles. The average molecular weight is 312 g/mol. The zero-order chi connectivity index (χ0) is 16.4. The summed E-state index contributed by atoms with van der Waals surface area (Å²) in [6.45, 7) is 7.04. The largest absolute Gasteiger partial charge is 0.508 e. The number of aliphatic hydroxyl groups excluding tert-OH is 1. The van der Waals surface area contributed by atoms with E-state index in [1.54, 1.807) is 12.2 Å². The Bertz CT molecular complexity index is 640. The molecule has 124 valence electrons. The molecule has 2 nitrogen and oxygen atoms in total. The van der Waals surface area contributed by atoms with Gasteiger partial charge in [0.15, 0.2) is 5.78 Å². The Morgan fingerprint density at radius 2 is 2.00 bits per heavy atom. The van der Waals surface area contributed by atoms with E-state index in [-0.39, 0.29) is 11.2 Å². The SMILES string of the molecule is CC[C@H]1CC[C@H]2[C@@H]3C=C(O)C4=CC(=O)C=C[C@]4(C)[C@H]3CC[C@]12C. The number of carbonyl (C=O) groups is 1. The highest BCUT2D eigenvalue weighted by Crippen LogP contribution is 2.65. The molecule has 0 saturated heterocycles. The van der Waals surface area contributed by atoms with Crippen LogP contribution in [0.2, 0.25) is 0 Å². The van der Waals surface area contributed by atoms with E-state index in [1.807, 2.05) is 0 Å². The molecular weight excluding hydrogens is 284 g/mol. The van der Waals surface area contributed by atoms with Crippen molar-refractivity contribution >= 4 is 5.78 Å². The second-order valence-corrected chi connectivity index (χ2v) is 8.65. The summed E-state index contributed by atoms with van der Waals surface area (Å²) in [7, 11) is 0. The van der Waals surface area contributed by atoms with Crippen molar-refractivity contribution in [1.29, 1.82) is 0 Å². The summed E-state index contributed by atoms with van der Waals surface area (Å²) in [6, 6.07) is 0. The van der Waals surface area contributed by atoms with Crippen molar-refractivity contribution in [2.45, 2.75) is 52.9 Å². The van der Waals surface area contributed by atoms with Crippen LogP contribution in [0.4, 0.5) is 0 Å². The smallest absolute Gasteiger partial charge is 0.178 e. The second kappa shape index (κ2) is 4.84. The van der Waals surface area contributed by atoms with Gasteiger partial charge in [0.05, 0.1) is 0 Å². The minimum atomic E-state index is -0.178. The lowest BCUT2D eigenvalue weighted by molar-refractivity contribution is -0.110. The Morgan fingerprint density at radius 3 is 2.74 bits per heavy atom. The molecule has 1 N–H and O–H groups in total. The van der Waals surface area contributed by atoms with Gasteiger partial charge in [-0.2, -0.15) is 0 Å². The number of ketones is 1. The first-order chi connectivity index (χ1) is 10.9. The number of carbonyl (C=O) groups excluding carboxylic acids is 1. The fraction of sp³-hybridized carbons (Fsp3) is 0.667. The van der Waals surface area contributed by atoms with E-state index in [0.29, 0.717) is 28.9 Å². The van der Waals surface area contributed by atoms with Gasteiger partial charge in [0, 0.05) is 11.0 Å². The molecule has 2 heteroatoms. The molecule has 2 fully saturated rings. The van der Waals surface area contributed by atoms with Crippen LogP contribution in [0.1, 0.15) is 52.9 Å². The maximum absolute atomic E-state index is 11.8. The highest BCUT2D eigenvalue weighted by Gasteiger charge is 2.58. The molecule has 4 rings (SSSR count). The summed E-state index contributed by atoms with van der Waals surface area (Å²) in [5.74, 6) is 2.84. The first-order valence-corrected chi connectivity index (χ1v) is 9.26. The van der Waals surface area contributed by atoms with E-state index in [1.165, 1.54) is 32.1 Å². The number of aliphatic hydroxyl groups is 1. The Labute approximate surface area is 139 Å². The van der Waals surface area contributed by atoms with E-state index in [2.05, 4.69) is 32.9 Å². The van der Waals surface area contributed by atoms with Crippen LogP contribution in [0.25, 0.3) is 0 Å². The van der Waals surface area contributed by atoms with E-state index in [9.17, 15) is 9.90 Å². The Kier molecular flexibility index (Phi) is 3.21. The van der Waals surface area contributed by atoms with Crippen molar-refractivity contribution < 1.29 is 9.90 Å². The van der Waals surface area contributed by atoms with Crippen LogP contribution in [0.15, 0.2) is 35.6 Å². The summed E-state index contributed by atoms with van der Waals surface area (Å²) in [5, 5.41) is 10.7. The van der Waals surface area contributed by atoms with Crippen LogP contribution < -0.4 is 0 Å². The van der Waals surface area contributed by atoms with Gasteiger partial charge >= 0.3 is 0 Å². The Balaban J connectivity index is 1.79. The van der Waals surface area contributed by atoms with Crippen LogP contribution >= 0.6 is 0 Å². The average Bonchev–Trinajstić information content (AvgIpc) is 2.86. The molecule has 4 aliphatic rings. The van der Waals surface area contributed by atoms with Crippen molar-refractivity contribution in [1.82, 2.24) is 0 Å². The highest BCUT2D eigenvalue weighted by molar-refractivity contribution is 6.01. The predicted octanol–water partition coefficient (Wildman–Crippen LogP) is 4.98. The Morgan fingerprint density at radius 1 is 1.22 bits per heavy atom. The minimum Gasteiger partial charge on any atom is -0.508 e. The quantitative estimate of drug-likeness (QED) is 0.741. The molecule has 4 aliphatic carbocycles. The Hall–Kier alpha value is -1.31. The van der Waals surface area contributed by atoms with E-state index >= 15 is 0 Å². The number of fused-ring (bicyclic) bond motifs is 5. The highest BCUT2D eigenvalue weighted by atomic mass is 16.3. The van der Waals surface area contributed by atoms with Gasteiger partial charge in [0.1, 0.15) is 5.76 Å². The molecule has 0 unspecified atom stereocenters. The van der Waals surface area contributed by atoms with Crippen LogP contribution in [0.3, 0.4) is 0 Å². The van der Waals surface area contributed by atoms with Crippen LogP contribution in [-0.4, -0.2) is 10.9 Å². The molecule has 0 spiro atoms. The van der Waals surface area contributed by atoms with E-state index < -0.39 is 0 Å². The predicted molar refractivity (Wildman–Crippen MR) is 91.9 cm³/mol. The van der Waals surface area contributed by atoms with Crippen LogP contribution in [0, 0.1) is 34.5 Å². The lowest BCUT2D eigenvalue weighted by Crippen LogP contribution is -2.48. The van der Waals surface area contributed by atoms with Crippen molar-refractivity contribution in [3.8, 4) is 0 Å². The van der Waals surface area contributed by atoms with Crippen molar-refractivity contribution in [3.63, 3.8) is 0 Å². The second-order valence-electron chi connectivity index (χ2n) is 8.65. The topological polar surface area (TPSA) is 37.3 Å². The van der Waals surface area contributed by atoms with Gasteiger partial charge in [-0.3, -0.25) is 4.79 Å². The number of hydrogen-bond donors (Lipinski definition) is 1. The molecule has 23 heavy (non-hydrogen) atoms. The third kappa shape index (κ3) is 1.90. The molecule has 0 radical (unpaired) electrons. The van der Waals surface area contributed by atoms with Crippen molar-refractivity contribution in [2.24, 2.45) is 34.5 Å². The third-order valence-corrected chi connectivity index (χ3v) is 7.88. The van der Waals surface area contributed by atoms with E-state index in [0.717, 1.165) is 11.5 Å². The fourth-order valence-electron chi connectivity index (χ4n) is 6.54. The standard InChI is InChI=1S/C21H28O2/c1-4-13-5-6-16-15-12-19(23)18-11-14(22)7-9-21(18,3)17(15)8-10-20(13,16)2/h7,9,11-13,15-17,23H,4-6,8,10H2,1-3H3/t13-,15-,16-,17-,20+,21+/m0/s1. The van der Waals surface area contributed by atoms with Gasteiger partial charge in [-0.05, 0) is 73.0 Å². The molecule has 0 bridgehead atoms. The van der Waals surface area contributed by atoms with Crippen LogP contribution in [-0.2, 0) is 4.79 Å². The number of allylic oxidation sites excluding steroid dienone is 5. The molecule has 6 atom stereocenters. The van der Waals surface area contributed by atoms with Gasteiger partial charge in [-0.15, -0.1) is 0 Å². The number of hydrogen-bond acceptors (Lipinski definition) is 2. The van der Waals surface area contributed by atoms with Gasteiger partial charge < -0.3 is 5.11 Å². The molecule has 0 heterocycles. The normalized spacial score (nSPS) is 48.2. The summed E-state index contributed by atoms with van der Waals surface area (Å²) in [4.78, 5) is 11.8. The first kappa shape index (κ1) is 15.2. The molecule has 0 aromatic carbocycles. The zero-order valence-electron chi connectivity index (χ0n) is 14.5. The van der Waals surface area contributed by atoms with Gasteiger partial charge in [-0.1, -0.05) is 33.3 Å². The van der Waals surface area contributed by atoms with E-state index in [4.69, 9.17) is 0 Å². The van der Waals surface area contributed by atoms with Crippen molar-refractivity contribution in [3.05, 3.63) is 35.6 Å². The summed E-state index contributed by atoms with van der Waals surface area (Å²) in [6.07, 6.45) is 13.9. The maximum Gasteiger partial charge on any atom is 0.178 e. The molecule has 0 amide bonds. The minimum absolute atomic E-state index is 0.00318. The third-order valence-electron chi connectivity index (χ3n) is 7.88. The summed E-state index contributed by atoms with van der Waals surface area (Å²) >= 11 is 0. The van der Waals surface area contributed by atoms with Gasteiger partial charge in [0.2, 0.25) is 0 Å². The zero-order valence-corrected chi connectivity index (χ0v) is 14.5. The van der Waals surface area contributed by atoms with Gasteiger partial charge in [0.25, 0.3) is 0 Å². The summed E-state index contributed by atoms with van der Waals surface area (Å²) < 4.78 is 0.